The third kappa shape index (κ3) is 6.62. The molecule has 0 amide bonds. The summed E-state index contributed by atoms with van der Waals surface area (Å²) in [5.41, 5.74) is 0. The normalized spacial score (nSPS) is 25.3. The van der Waals surface area contributed by atoms with Crippen molar-refractivity contribution in [1.82, 2.24) is 10.1 Å². The maximum Gasteiger partial charge on any atom is 0.0960 e. The molecule has 0 saturated carbocycles. The zero-order valence-electron chi connectivity index (χ0n) is 11.7. The van der Waals surface area contributed by atoms with E-state index in [1.165, 1.54) is 0 Å². The molecule has 2 heterocycles. The maximum absolute atomic E-state index is 5.90. The van der Waals surface area contributed by atoms with Crippen molar-refractivity contribution in [2.75, 3.05) is 66.8 Å². The van der Waals surface area contributed by atoms with Crippen molar-refractivity contribution in [2.45, 2.75) is 12.2 Å². The van der Waals surface area contributed by atoms with Crippen LogP contribution < -0.4 is 0 Å². The summed E-state index contributed by atoms with van der Waals surface area (Å²) in [5, 5.41) is 3.78. The minimum Gasteiger partial charge on any atom is -0.383 e. The Morgan fingerprint density at radius 1 is 0.895 bits per heavy atom. The largest absolute Gasteiger partial charge is 0.383 e. The molecule has 0 bridgehead atoms. The third-order valence-electron chi connectivity index (χ3n) is 2.94. The highest BCUT2D eigenvalue weighted by atomic mass is 16.8. The second-order valence-electron chi connectivity index (χ2n) is 4.75. The molecular formula is C12H24N2O5. The van der Waals surface area contributed by atoms with Gasteiger partial charge in [0, 0.05) is 27.3 Å². The molecule has 0 N–H and O–H groups in total. The lowest BCUT2D eigenvalue weighted by molar-refractivity contribution is -0.330. The van der Waals surface area contributed by atoms with Crippen LogP contribution in [0, 0.1) is 0 Å². The smallest absolute Gasteiger partial charge is 0.0960 e. The molecule has 0 spiro atoms. The molecule has 0 aromatic rings. The molecule has 2 atom stereocenters. The molecule has 0 aliphatic carbocycles. The van der Waals surface area contributed by atoms with Gasteiger partial charge in [0.25, 0.3) is 0 Å². The van der Waals surface area contributed by atoms with E-state index in [1.54, 1.807) is 14.2 Å². The number of hydroxylamine groups is 4. The lowest BCUT2D eigenvalue weighted by atomic mass is 10.4. The average Bonchev–Trinajstić information content (AvgIpc) is 3.28. The van der Waals surface area contributed by atoms with Crippen molar-refractivity contribution in [2.24, 2.45) is 0 Å². The summed E-state index contributed by atoms with van der Waals surface area (Å²) < 4.78 is 20.7. The van der Waals surface area contributed by atoms with Crippen LogP contribution in [0.4, 0.5) is 0 Å². The maximum atomic E-state index is 5.90. The predicted octanol–water partition coefficient (Wildman–Crippen LogP) is -0.473. The number of hydrogen-bond acceptors (Lipinski definition) is 7. The van der Waals surface area contributed by atoms with Crippen LogP contribution in [-0.2, 0) is 23.9 Å². The van der Waals surface area contributed by atoms with Gasteiger partial charge in [-0.15, -0.1) is 0 Å². The molecule has 2 fully saturated rings. The van der Waals surface area contributed by atoms with E-state index < -0.39 is 0 Å². The van der Waals surface area contributed by atoms with E-state index in [1.807, 2.05) is 10.1 Å². The van der Waals surface area contributed by atoms with Crippen LogP contribution in [0.3, 0.4) is 0 Å². The van der Waals surface area contributed by atoms with Gasteiger partial charge in [-0.25, -0.2) is 4.94 Å². The SMILES string of the molecule is COCCN(CC1CO1)ON(CCOC)CC1CO1. The molecule has 2 aliphatic rings. The van der Waals surface area contributed by atoms with Crippen LogP contribution in [0.1, 0.15) is 0 Å². The first-order chi connectivity index (χ1) is 9.31. The molecular weight excluding hydrogens is 252 g/mol. The summed E-state index contributed by atoms with van der Waals surface area (Å²) in [6, 6.07) is 0. The number of epoxide rings is 2. The van der Waals surface area contributed by atoms with Crippen LogP contribution in [0.5, 0.6) is 0 Å². The fourth-order valence-corrected chi connectivity index (χ4v) is 1.68. The number of hydrogen-bond donors (Lipinski definition) is 0. The van der Waals surface area contributed by atoms with Gasteiger partial charge in [-0.05, 0) is 0 Å². The van der Waals surface area contributed by atoms with Gasteiger partial charge in [-0.3, -0.25) is 0 Å². The Bertz CT molecular complexity index is 224. The Morgan fingerprint density at radius 2 is 1.32 bits per heavy atom. The summed E-state index contributed by atoms with van der Waals surface area (Å²) in [5.74, 6) is 0. The van der Waals surface area contributed by atoms with Crippen LogP contribution in [0.25, 0.3) is 0 Å². The zero-order valence-corrected chi connectivity index (χ0v) is 11.7. The summed E-state index contributed by atoms with van der Waals surface area (Å²) in [4.78, 5) is 5.90. The van der Waals surface area contributed by atoms with E-state index in [2.05, 4.69) is 0 Å². The third-order valence-corrected chi connectivity index (χ3v) is 2.94. The minimum atomic E-state index is 0.290. The van der Waals surface area contributed by atoms with Crippen LogP contribution in [-0.4, -0.2) is 89.2 Å². The first-order valence-electron chi connectivity index (χ1n) is 6.71. The lowest BCUT2D eigenvalue weighted by Crippen LogP contribution is -2.42. The Hall–Kier alpha value is -0.280. The molecule has 0 aromatic carbocycles. The number of nitrogens with zero attached hydrogens (tertiary/aromatic N) is 2. The van der Waals surface area contributed by atoms with Crippen molar-refractivity contribution in [3.63, 3.8) is 0 Å². The lowest BCUT2D eigenvalue weighted by Gasteiger charge is -2.28. The fraction of sp³-hybridized carbons (Fsp3) is 1.00. The van der Waals surface area contributed by atoms with E-state index in [9.17, 15) is 0 Å². The predicted molar refractivity (Wildman–Crippen MR) is 67.5 cm³/mol. The summed E-state index contributed by atoms with van der Waals surface area (Å²) in [7, 11) is 3.37. The van der Waals surface area contributed by atoms with Crippen molar-refractivity contribution >= 4 is 0 Å². The number of rotatable bonds is 12. The van der Waals surface area contributed by atoms with Gasteiger partial charge < -0.3 is 18.9 Å². The first kappa shape index (κ1) is 15.1. The molecule has 0 radical (unpaired) electrons. The number of methoxy groups -OCH3 is 2. The second kappa shape index (κ2) is 8.11. The minimum absolute atomic E-state index is 0.290. The first-order valence-corrected chi connectivity index (χ1v) is 6.71. The van der Waals surface area contributed by atoms with Crippen LogP contribution in [0.2, 0.25) is 0 Å². The summed E-state index contributed by atoms with van der Waals surface area (Å²) in [6.45, 7) is 5.84. The van der Waals surface area contributed by atoms with Crippen molar-refractivity contribution in [3.8, 4) is 0 Å². The van der Waals surface area contributed by atoms with Crippen LogP contribution >= 0.6 is 0 Å². The van der Waals surface area contributed by atoms with Crippen molar-refractivity contribution in [3.05, 3.63) is 0 Å². The van der Waals surface area contributed by atoms with E-state index in [4.69, 9.17) is 23.9 Å². The number of ether oxygens (including phenoxy) is 4. The van der Waals surface area contributed by atoms with Gasteiger partial charge >= 0.3 is 0 Å². The van der Waals surface area contributed by atoms with E-state index in [-0.39, 0.29) is 0 Å². The topological polar surface area (TPSA) is 59.2 Å². The van der Waals surface area contributed by atoms with Gasteiger partial charge in [0.1, 0.15) is 0 Å². The fourth-order valence-electron chi connectivity index (χ4n) is 1.68. The second-order valence-corrected chi connectivity index (χ2v) is 4.75. The molecule has 2 saturated heterocycles. The molecule has 7 heteroatoms. The van der Waals surface area contributed by atoms with E-state index >= 15 is 0 Å². The monoisotopic (exact) mass is 276 g/mol. The summed E-state index contributed by atoms with van der Waals surface area (Å²) >= 11 is 0. The van der Waals surface area contributed by atoms with Crippen LogP contribution in [0.15, 0.2) is 0 Å². The molecule has 2 aliphatic heterocycles. The Morgan fingerprint density at radius 3 is 1.63 bits per heavy atom. The van der Waals surface area contributed by atoms with E-state index in [0.717, 1.165) is 26.3 Å². The van der Waals surface area contributed by atoms with Gasteiger partial charge in [0.15, 0.2) is 0 Å². The highest BCUT2D eigenvalue weighted by Crippen LogP contribution is 2.14. The molecule has 19 heavy (non-hydrogen) atoms. The Balaban J connectivity index is 1.74. The molecule has 0 aromatic heterocycles. The van der Waals surface area contributed by atoms with Gasteiger partial charge in [-0.1, -0.05) is 0 Å². The van der Waals surface area contributed by atoms with Gasteiger partial charge in [-0.2, -0.15) is 10.1 Å². The Labute approximate surface area is 114 Å². The average molecular weight is 276 g/mol. The zero-order chi connectivity index (χ0) is 13.5. The van der Waals surface area contributed by atoms with Crippen molar-refractivity contribution < 1.29 is 23.9 Å². The Kier molecular flexibility index (Phi) is 6.45. The van der Waals surface area contributed by atoms with E-state index in [0.29, 0.717) is 38.5 Å². The molecule has 2 unspecified atom stereocenters. The molecule has 112 valence electrons. The summed E-state index contributed by atoms with van der Waals surface area (Å²) in [6.07, 6.45) is 0.580. The van der Waals surface area contributed by atoms with Gasteiger partial charge in [0.2, 0.25) is 0 Å². The van der Waals surface area contributed by atoms with Gasteiger partial charge in [0.05, 0.1) is 51.7 Å². The highest BCUT2D eigenvalue weighted by molar-refractivity contribution is 4.73. The molecule has 2 rings (SSSR count). The quantitative estimate of drug-likeness (QED) is 0.353. The standard InChI is InChI=1S/C12H24N2O5/c1-15-5-3-13(7-11-9-17-11)19-14(4-6-16-2)8-12-10-18-12/h11-12H,3-10H2,1-2H3. The van der Waals surface area contributed by atoms with Crippen molar-refractivity contribution in [1.29, 1.82) is 0 Å². The molecule has 7 nitrogen and oxygen atoms in total. The highest BCUT2D eigenvalue weighted by Gasteiger charge is 2.30.